The minimum atomic E-state index is -4.88. The van der Waals surface area contributed by atoms with Gasteiger partial charge < -0.3 is 5.11 Å². The van der Waals surface area contributed by atoms with Crippen molar-refractivity contribution in [1.82, 2.24) is 4.90 Å². The van der Waals surface area contributed by atoms with Gasteiger partial charge in [-0.2, -0.15) is 26.3 Å². The summed E-state index contributed by atoms with van der Waals surface area (Å²) in [5, 5.41) is 10.5. The Kier molecular flexibility index (Phi) is 5.81. The zero-order chi connectivity index (χ0) is 22.4. The van der Waals surface area contributed by atoms with Crippen LogP contribution in [0.15, 0.2) is 48.5 Å². The van der Waals surface area contributed by atoms with Crippen molar-refractivity contribution in [3.63, 3.8) is 0 Å². The van der Waals surface area contributed by atoms with E-state index in [1.807, 2.05) is 35.2 Å². The van der Waals surface area contributed by atoms with Gasteiger partial charge in [-0.25, -0.2) is 0 Å². The van der Waals surface area contributed by atoms with Gasteiger partial charge in [0.15, 0.2) is 0 Å². The fraction of sp³-hybridized carbons (Fsp3) is 0.478. The molecule has 0 spiro atoms. The van der Waals surface area contributed by atoms with Gasteiger partial charge in [0.05, 0.1) is 17.2 Å². The third-order valence-electron chi connectivity index (χ3n) is 6.51. The zero-order valence-corrected chi connectivity index (χ0v) is 16.6. The molecule has 1 heterocycles. The van der Waals surface area contributed by atoms with Crippen LogP contribution in [0.1, 0.15) is 47.6 Å². The first kappa shape index (κ1) is 22.1. The lowest BCUT2D eigenvalue weighted by Crippen LogP contribution is -2.31. The summed E-state index contributed by atoms with van der Waals surface area (Å²) in [6.45, 7) is 0.825. The number of fused-ring (bicyclic) bond motifs is 1. The van der Waals surface area contributed by atoms with E-state index in [2.05, 4.69) is 0 Å². The summed E-state index contributed by atoms with van der Waals surface area (Å²) in [7, 11) is 0. The van der Waals surface area contributed by atoms with Crippen molar-refractivity contribution in [1.29, 1.82) is 0 Å². The summed E-state index contributed by atoms with van der Waals surface area (Å²) in [4.78, 5) is 1.93. The van der Waals surface area contributed by atoms with Gasteiger partial charge in [0.25, 0.3) is 0 Å². The molecule has 2 aliphatic rings. The molecule has 4 atom stereocenters. The van der Waals surface area contributed by atoms with Crippen molar-refractivity contribution < 1.29 is 31.4 Å². The standard InChI is InChI=1S/C23H23F6NO/c24-22(25,26)16-9-15(10-17(11-16)23(27,28)29)21-18-7-4-8-20(31)19(18)13-30(21)12-14-5-2-1-3-6-14/h1-3,5-6,9-11,18-21,31H,4,7-8,12-13H2. The molecule has 2 fully saturated rings. The molecule has 2 aromatic rings. The maximum absolute atomic E-state index is 13.4. The summed E-state index contributed by atoms with van der Waals surface area (Å²) in [6.07, 6.45) is -8.41. The van der Waals surface area contributed by atoms with Gasteiger partial charge in [-0.15, -0.1) is 0 Å². The van der Waals surface area contributed by atoms with Gasteiger partial charge in [-0.05, 0) is 48.1 Å². The van der Waals surface area contributed by atoms with Gasteiger partial charge in [0.1, 0.15) is 0 Å². The minimum Gasteiger partial charge on any atom is -0.393 e. The molecule has 8 heteroatoms. The van der Waals surface area contributed by atoms with Gasteiger partial charge in [-0.3, -0.25) is 4.90 Å². The van der Waals surface area contributed by atoms with Crippen molar-refractivity contribution >= 4 is 0 Å². The number of alkyl halides is 6. The quantitative estimate of drug-likeness (QED) is 0.583. The van der Waals surface area contributed by atoms with E-state index in [4.69, 9.17) is 0 Å². The molecule has 2 nitrogen and oxygen atoms in total. The monoisotopic (exact) mass is 443 g/mol. The van der Waals surface area contributed by atoms with Crippen molar-refractivity contribution in [3.05, 3.63) is 70.8 Å². The number of nitrogens with zero attached hydrogens (tertiary/aromatic N) is 1. The normalized spacial score (nSPS) is 27.3. The van der Waals surface area contributed by atoms with Crippen molar-refractivity contribution in [2.75, 3.05) is 6.54 Å². The van der Waals surface area contributed by atoms with Crippen LogP contribution in [-0.2, 0) is 18.9 Å². The lowest BCUT2D eigenvalue weighted by atomic mass is 9.75. The first-order chi connectivity index (χ1) is 14.5. The SMILES string of the molecule is OC1CCCC2C1CN(Cc1ccccc1)C2c1cc(C(F)(F)F)cc(C(F)(F)F)c1. The molecule has 0 bridgehead atoms. The van der Waals surface area contributed by atoms with Crippen LogP contribution in [0.4, 0.5) is 26.3 Å². The average Bonchev–Trinajstić information content (AvgIpc) is 3.06. The number of hydrogen-bond acceptors (Lipinski definition) is 2. The van der Waals surface area contributed by atoms with Crippen LogP contribution in [-0.4, -0.2) is 22.7 Å². The maximum Gasteiger partial charge on any atom is 0.416 e. The van der Waals surface area contributed by atoms with Gasteiger partial charge >= 0.3 is 12.4 Å². The molecule has 0 radical (unpaired) electrons. The molecule has 0 aromatic heterocycles. The first-order valence-corrected chi connectivity index (χ1v) is 10.3. The second-order valence-electron chi connectivity index (χ2n) is 8.53. The molecule has 2 aromatic carbocycles. The van der Waals surface area contributed by atoms with E-state index in [1.54, 1.807) is 0 Å². The molecule has 1 saturated carbocycles. The summed E-state index contributed by atoms with van der Waals surface area (Å²) < 4.78 is 80.6. The van der Waals surface area contributed by atoms with E-state index < -0.39 is 35.6 Å². The Hall–Kier alpha value is -2.06. The van der Waals surface area contributed by atoms with E-state index in [1.165, 1.54) is 0 Å². The Labute approximate surface area is 176 Å². The summed E-state index contributed by atoms with van der Waals surface area (Å²) in [5.41, 5.74) is -1.66. The fourth-order valence-corrected chi connectivity index (χ4v) is 5.17. The number of hydrogen-bond donors (Lipinski definition) is 1. The van der Waals surface area contributed by atoms with Crippen molar-refractivity contribution in [2.45, 2.75) is 50.3 Å². The molecule has 1 aliphatic heterocycles. The highest BCUT2D eigenvalue weighted by Crippen LogP contribution is 2.50. The van der Waals surface area contributed by atoms with E-state index in [-0.39, 0.29) is 23.5 Å². The van der Waals surface area contributed by atoms with Crippen LogP contribution >= 0.6 is 0 Å². The molecule has 168 valence electrons. The number of rotatable bonds is 3. The molecule has 31 heavy (non-hydrogen) atoms. The Bertz CT molecular complexity index is 878. The smallest absolute Gasteiger partial charge is 0.393 e. The minimum absolute atomic E-state index is 0.0136. The van der Waals surface area contributed by atoms with Gasteiger partial charge in [0, 0.05) is 25.0 Å². The third-order valence-corrected chi connectivity index (χ3v) is 6.51. The number of aliphatic hydroxyl groups is 1. The Morgan fingerprint density at radius 3 is 2.03 bits per heavy atom. The van der Waals surface area contributed by atoms with Crippen LogP contribution in [0.5, 0.6) is 0 Å². The topological polar surface area (TPSA) is 23.5 Å². The largest absolute Gasteiger partial charge is 0.416 e. The van der Waals surface area contributed by atoms with Crippen LogP contribution in [0, 0.1) is 11.8 Å². The Morgan fingerprint density at radius 2 is 1.45 bits per heavy atom. The number of aliphatic hydroxyl groups excluding tert-OH is 1. The van der Waals surface area contributed by atoms with Crippen molar-refractivity contribution in [2.24, 2.45) is 11.8 Å². The molecule has 1 aliphatic carbocycles. The second kappa shape index (κ2) is 8.13. The molecular formula is C23H23F6NO. The number of benzene rings is 2. The highest BCUT2D eigenvalue weighted by molar-refractivity contribution is 5.36. The predicted molar refractivity (Wildman–Crippen MR) is 103 cm³/mol. The maximum atomic E-state index is 13.4. The highest BCUT2D eigenvalue weighted by Gasteiger charge is 2.48. The van der Waals surface area contributed by atoms with E-state index in [0.29, 0.717) is 32.4 Å². The second-order valence-corrected chi connectivity index (χ2v) is 8.53. The summed E-state index contributed by atoms with van der Waals surface area (Å²) >= 11 is 0. The Morgan fingerprint density at radius 1 is 0.839 bits per heavy atom. The lowest BCUT2D eigenvalue weighted by molar-refractivity contribution is -0.143. The molecule has 4 unspecified atom stereocenters. The van der Waals surface area contributed by atoms with Crippen LogP contribution in [0.3, 0.4) is 0 Å². The number of likely N-dealkylation sites (tertiary alicyclic amines) is 1. The molecule has 1 saturated heterocycles. The van der Waals surface area contributed by atoms with Crippen molar-refractivity contribution in [3.8, 4) is 0 Å². The van der Waals surface area contributed by atoms with Crippen LogP contribution in [0.25, 0.3) is 0 Å². The Balaban J connectivity index is 1.79. The van der Waals surface area contributed by atoms with E-state index in [0.717, 1.165) is 17.7 Å². The van der Waals surface area contributed by atoms with Crippen LogP contribution in [0.2, 0.25) is 0 Å². The van der Waals surface area contributed by atoms with Crippen LogP contribution < -0.4 is 0 Å². The van der Waals surface area contributed by atoms with Gasteiger partial charge in [0.2, 0.25) is 0 Å². The van der Waals surface area contributed by atoms with E-state index in [9.17, 15) is 31.4 Å². The van der Waals surface area contributed by atoms with Gasteiger partial charge in [-0.1, -0.05) is 36.8 Å². The zero-order valence-electron chi connectivity index (χ0n) is 16.6. The highest BCUT2D eigenvalue weighted by atomic mass is 19.4. The molecule has 0 amide bonds. The number of halogens is 6. The van der Waals surface area contributed by atoms with E-state index >= 15 is 0 Å². The molecule has 1 N–H and O–H groups in total. The average molecular weight is 443 g/mol. The lowest BCUT2D eigenvalue weighted by Gasteiger charge is -2.34. The molecular weight excluding hydrogens is 420 g/mol. The predicted octanol–water partition coefficient (Wildman–Crippen LogP) is 6.06. The third kappa shape index (κ3) is 4.60. The fourth-order valence-electron chi connectivity index (χ4n) is 5.17. The molecule has 4 rings (SSSR count). The summed E-state index contributed by atoms with van der Waals surface area (Å²) in [5.74, 6) is -0.372. The first-order valence-electron chi connectivity index (χ1n) is 10.3. The summed E-state index contributed by atoms with van der Waals surface area (Å²) in [6, 6.07) is 10.5.